The van der Waals surface area contributed by atoms with Gasteiger partial charge in [0.2, 0.25) is 0 Å². The van der Waals surface area contributed by atoms with Crippen LogP contribution in [0.25, 0.3) is 0 Å². The number of nitrogens with zero attached hydrogens (tertiary/aromatic N) is 2. The van der Waals surface area contributed by atoms with Gasteiger partial charge in [-0.25, -0.2) is 4.79 Å². The first-order valence-corrected chi connectivity index (χ1v) is 3.54. The topological polar surface area (TPSA) is 64.3 Å². The minimum Gasteiger partial charge on any atom is -0.476 e. The molecule has 0 fully saturated rings. The summed E-state index contributed by atoms with van der Waals surface area (Å²) in [6.07, 6.45) is 1.41. The summed E-state index contributed by atoms with van der Waals surface area (Å²) >= 11 is 0. The average molecular weight is 170 g/mol. The zero-order valence-electron chi connectivity index (χ0n) is 6.94. The number of carboxylic acid groups (broad SMARTS) is 1. The maximum absolute atomic E-state index is 10.4. The van der Waals surface area contributed by atoms with E-state index in [1.54, 1.807) is 7.05 Å². The zero-order valence-corrected chi connectivity index (χ0v) is 6.94. The van der Waals surface area contributed by atoms with Gasteiger partial charge in [-0.1, -0.05) is 0 Å². The van der Waals surface area contributed by atoms with Gasteiger partial charge in [-0.05, 0) is 6.92 Å². The van der Waals surface area contributed by atoms with E-state index in [4.69, 9.17) is 9.84 Å². The molecule has 0 bridgehead atoms. The number of aromatic carboxylic acids is 1. The Morgan fingerprint density at radius 2 is 2.50 bits per heavy atom. The fraction of sp³-hybridized carbons (Fsp3) is 0.429. The van der Waals surface area contributed by atoms with Gasteiger partial charge in [0, 0.05) is 13.2 Å². The molecule has 0 amide bonds. The molecule has 0 aromatic carbocycles. The van der Waals surface area contributed by atoms with Crippen molar-refractivity contribution < 1.29 is 14.6 Å². The Labute approximate surface area is 69.6 Å². The molecule has 1 aromatic rings. The molecule has 0 aliphatic carbocycles. The molecular weight excluding hydrogens is 160 g/mol. The number of ether oxygens (including phenoxy) is 1. The number of imidazole rings is 1. The molecule has 12 heavy (non-hydrogen) atoms. The summed E-state index contributed by atoms with van der Waals surface area (Å²) in [6.45, 7) is 2.29. The fourth-order valence-electron chi connectivity index (χ4n) is 0.816. The fourth-order valence-corrected chi connectivity index (χ4v) is 0.816. The van der Waals surface area contributed by atoms with Crippen LogP contribution in [0.2, 0.25) is 0 Å². The third-order valence-corrected chi connectivity index (χ3v) is 1.33. The number of hydrogen-bond acceptors (Lipinski definition) is 3. The Morgan fingerprint density at radius 3 is 2.92 bits per heavy atom. The van der Waals surface area contributed by atoms with Crippen molar-refractivity contribution in [3.8, 4) is 6.01 Å². The predicted octanol–water partition coefficient (Wildman–Crippen LogP) is 0.517. The lowest BCUT2D eigenvalue weighted by Gasteiger charge is -1.99. The molecule has 1 rings (SSSR count). The lowest BCUT2D eigenvalue weighted by atomic mass is 10.5. The van der Waals surface area contributed by atoms with Crippen LogP contribution in [0.5, 0.6) is 6.01 Å². The van der Waals surface area contributed by atoms with Crippen LogP contribution in [0.15, 0.2) is 6.20 Å². The van der Waals surface area contributed by atoms with Crippen LogP contribution in [-0.2, 0) is 7.05 Å². The van der Waals surface area contributed by atoms with Gasteiger partial charge in [-0.3, -0.25) is 0 Å². The molecule has 66 valence electrons. The number of carboxylic acids is 1. The molecule has 0 aliphatic rings. The second kappa shape index (κ2) is 3.25. The van der Waals surface area contributed by atoms with Gasteiger partial charge in [-0.2, -0.15) is 4.98 Å². The van der Waals surface area contributed by atoms with E-state index in [0.29, 0.717) is 12.6 Å². The highest BCUT2D eigenvalue weighted by molar-refractivity contribution is 5.85. The standard InChI is InChI=1S/C7H10N2O3/c1-3-12-7-8-5(6(10)11)4-9(7)2/h4H,3H2,1-2H3,(H,10,11). The number of aryl methyl sites for hydroxylation is 1. The Morgan fingerprint density at radius 1 is 1.83 bits per heavy atom. The van der Waals surface area contributed by atoms with E-state index in [-0.39, 0.29) is 5.69 Å². The first-order chi connectivity index (χ1) is 5.65. The monoisotopic (exact) mass is 170 g/mol. The second-order valence-electron chi connectivity index (χ2n) is 2.26. The van der Waals surface area contributed by atoms with E-state index >= 15 is 0 Å². The molecule has 1 heterocycles. The molecule has 0 spiro atoms. The van der Waals surface area contributed by atoms with E-state index < -0.39 is 5.97 Å². The van der Waals surface area contributed by atoms with Gasteiger partial charge in [-0.15, -0.1) is 0 Å². The molecule has 0 radical (unpaired) electrons. The predicted molar refractivity (Wildman–Crippen MR) is 41.3 cm³/mol. The summed E-state index contributed by atoms with van der Waals surface area (Å²) in [4.78, 5) is 14.2. The molecule has 1 N–H and O–H groups in total. The van der Waals surface area contributed by atoms with Crippen LogP contribution in [0.1, 0.15) is 17.4 Å². The SMILES string of the molecule is CCOc1nc(C(=O)O)cn1C. The van der Waals surface area contributed by atoms with Crippen molar-refractivity contribution in [3.05, 3.63) is 11.9 Å². The van der Waals surface area contributed by atoms with E-state index in [0.717, 1.165) is 0 Å². The van der Waals surface area contributed by atoms with Crippen LogP contribution in [0.4, 0.5) is 0 Å². The highest BCUT2D eigenvalue weighted by Crippen LogP contribution is 2.08. The van der Waals surface area contributed by atoms with Crippen LogP contribution in [0, 0.1) is 0 Å². The summed E-state index contributed by atoms with van der Waals surface area (Å²) in [5, 5.41) is 8.56. The molecule has 0 aliphatic heterocycles. The minimum absolute atomic E-state index is 0.000880. The van der Waals surface area contributed by atoms with E-state index in [1.165, 1.54) is 10.8 Å². The third kappa shape index (κ3) is 1.55. The van der Waals surface area contributed by atoms with Crippen molar-refractivity contribution in [3.63, 3.8) is 0 Å². The number of aromatic nitrogens is 2. The second-order valence-corrected chi connectivity index (χ2v) is 2.26. The van der Waals surface area contributed by atoms with Gasteiger partial charge in [0.1, 0.15) is 0 Å². The Balaban J connectivity index is 2.92. The van der Waals surface area contributed by atoms with E-state index in [2.05, 4.69) is 4.98 Å². The third-order valence-electron chi connectivity index (χ3n) is 1.33. The van der Waals surface area contributed by atoms with Crippen molar-refractivity contribution >= 4 is 5.97 Å². The van der Waals surface area contributed by atoms with Crippen LogP contribution >= 0.6 is 0 Å². The zero-order chi connectivity index (χ0) is 9.14. The molecule has 0 saturated carbocycles. The van der Waals surface area contributed by atoms with Crippen LogP contribution < -0.4 is 4.74 Å². The van der Waals surface area contributed by atoms with Gasteiger partial charge >= 0.3 is 5.97 Å². The Bertz CT molecular complexity index is 293. The number of carbonyl (C=O) groups is 1. The lowest BCUT2D eigenvalue weighted by Crippen LogP contribution is -1.98. The molecule has 0 saturated heterocycles. The van der Waals surface area contributed by atoms with Crippen molar-refractivity contribution in [2.75, 3.05) is 6.61 Å². The van der Waals surface area contributed by atoms with Crippen LogP contribution in [0.3, 0.4) is 0 Å². The Kier molecular flexibility index (Phi) is 2.32. The largest absolute Gasteiger partial charge is 0.476 e. The summed E-state index contributed by atoms with van der Waals surface area (Å²) in [5.41, 5.74) is 0.000880. The molecule has 1 aromatic heterocycles. The van der Waals surface area contributed by atoms with Gasteiger partial charge < -0.3 is 14.4 Å². The first-order valence-electron chi connectivity index (χ1n) is 3.54. The van der Waals surface area contributed by atoms with Crippen molar-refractivity contribution in [2.24, 2.45) is 7.05 Å². The highest BCUT2D eigenvalue weighted by atomic mass is 16.5. The summed E-state index contributed by atoms with van der Waals surface area (Å²) in [7, 11) is 1.68. The van der Waals surface area contributed by atoms with Crippen molar-refractivity contribution in [2.45, 2.75) is 6.92 Å². The van der Waals surface area contributed by atoms with Gasteiger partial charge in [0.15, 0.2) is 5.69 Å². The molecule has 0 atom stereocenters. The van der Waals surface area contributed by atoms with Crippen molar-refractivity contribution in [1.29, 1.82) is 0 Å². The molecule has 5 nitrogen and oxygen atoms in total. The van der Waals surface area contributed by atoms with E-state index in [9.17, 15) is 4.79 Å². The smallest absolute Gasteiger partial charge is 0.356 e. The minimum atomic E-state index is -1.04. The molecule has 0 unspecified atom stereocenters. The first kappa shape index (κ1) is 8.58. The van der Waals surface area contributed by atoms with E-state index in [1.807, 2.05) is 6.92 Å². The summed E-state index contributed by atoms with van der Waals surface area (Å²) in [5.74, 6) is -1.04. The summed E-state index contributed by atoms with van der Waals surface area (Å²) < 4.78 is 6.59. The molecular formula is C7H10N2O3. The highest BCUT2D eigenvalue weighted by Gasteiger charge is 2.10. The van der Waals surface area contributed by atoms with Crippen molar-refractivity contribution in [1.82, 2.24) is 9.55 Å². The quantitative estimate of drug-likeness (QED) is 0.718. The molecule has 5 heteroatoms. The lowest BCUT2D eigenvalue weighted by molar-refractivity contribution is 0.0690. The van der Waals surface area contributed by atoms with Gasteiger partial charge in [0.05, 0.1) is 6.61 Å². The maximum atomic E-state index is 10.4. The number of rotatable bonds is 3. The summed E-state index contributed by atoms with van der Waals surface area (Å²) in [6, 6.07) is 0.329. The Hall–Kier alpha value is -1.52. The van der Waals surface area contributed by atoms with Crippen LogP contribution in [-0.4, -0.2) is 27.2 Å². The normalized spacial score (nSPS) is 9.83. The average Bonchev–Trinajstić information content (AvgIpc) is 2.34. The maximum Gasteiger partial charge on any atom is 0.356 e. The number of hydrogen-bond donors (Lipinski definition) is 1. The van der Waals surface area contributed by atoms with Gasteiger partial charge in [0.25, 0.3) is 6.01 Å².